The average molecular weight is 366 g/mol. The molecular weight excluding hydrogens is 334 g/mol. The summed E-state index contributed by atoms with van der Waals surface area (Å²) in [6, 6.07) is 10.5. The van der Waals surface area contributed by atoms with Crippen molar-refractivity contribution in [2.75, 3.05) is 40.0 Å². The van der Waals surface area contributed by atoms with Crippen LogP contribution in [0.5, 0.6) is 0 Å². The third kappa shape index (κ3) is 6.88. The second kappa shape index (κ2) is 10.7. The Kier molecular flexibility index (Phi) is 8.58. The lowest BCUT2D eigenvalue weighted by Crippen LogP contribution is -2.44. The quantitative estimate of drug-likeness (QED) is 0.421. The first-order valence-electron chi connectivity index (χ1n) is 9.04. The second-order valence-electron chi connectivity index (χ2n) is 6.32. The Balaban J connectivity index is 1.86. The van der Waals surface area contributed by atoms with E-state index in [1.54, 1.807) is 7.11 Å². The fraction of sp³-hybridized carbons (Fsp3) is 0.632. The van der Waals surface area contributed by atoms with Gasteiger partial charge < -0.3 is 20.1 Å². The maximum absolute atomic E-state index is 5.77. The zero-order chi connectivity index (χ0) is 18.0. The molecule has 2 N–H and O–H groups in total. The predicted molar refractivity (Wildman–Crippen MR) is 106 cm³/mol. The molecule has 0 aromatic heterocycles. The number of guanidine groups is 1. The highest BCUT2D eigenvalue weighted by molar-refractivity contribution is 8.00. The van der Waals surface area contributed by atoms with Crippen LogP contribution in [0.1, 0.15) is 26.7 Å². The van der Waals surface area contributed by atoms with Gasteiger partial charge >= 0.3 is 0 Å². The van der Waals surface area contributed by atoms with Gasteiger partial charge in [0.2, 0.25) is 0 Å². The lowest BCUT2D eigenvalue weighted by molar-refractivity contribution is -0.0828. The third-order valence-electron chi connectivity index (χ3n) is 4.34. The molecule has 6 heteroatoms. The van der Waals surface area contributed by atoms with Gasteiger partial charge in [-0.3, -0.25) is 4.99 Å². The summed E-state index contributed by atoms with van der Waals surface area (Å²) in [5.74, 6) is 0.853. The standard InChI is InChI=1S/C19H31N3O2S/c1-4-20-18(22-15-19(23-3)10-12-24-13-11-19)21-14-16(2)25-17-8-6-5-7-9-17/h5-9,16H,4,10-15H2,1-3H3,(H2,20,21,22). The van der Waals surface area contributed by atoms with E-state index >= 15 is 0 Å². The van der Waals surface area contributed by atoms with E-state index in [1.807, 2.05) is 17.8 Å². The Hall–Kier alpha value is -1.24. The van der Waals surface area contributed by atoms with Gasteiger partial charge in [0.25, 0.3) is 0 Å². The van der Waals surface area contributed by atoms with E-state index in [0.717, 1.165) is 45.1 Å². The van der Waals surface area contributed by atoms with Gasteiger partial charge in [0.1, 0.15) is 0 Å². The average Bonchev–Trinajstić information content (AvgIpc) is 2.65. The second-order valence-corrected chi connectivity index (χ2v) is 7.83. The fourth-order valence-electron chi connectivity index (χ4n) is 2.75. The number of thioether (sulfide) groups is 1. The zero-order valence-electron chi connectivity index (χ0n) is 15.6. The van der Waals surface area contributed by atoms with Gasteiger partial charge in [0.15, 0.2) is 5.96 Å². The highest BCUT2D eigenvalue weighted by atomic mass is 32.2. The Morgan fingerprint density at radius 2 is 2.00 bits per heavy atom. The Morgan fingerprint density at radius 1 is 1.28 bits per heavy atom. The van der Waals surface area contributed by atoms with E-state index in [0.29, 0.717) is 11.8 Å². The van der Waals surface area contributed by atoms with E-state index in [9.17, 15) is 0 Å². The molecule has 1 aliphatic heterocycles. The Morgan fingerprint density at radius 3 is 2.64 bits per heavy atom. The molecule has 0 bridgehead atoms. The summed E-state index contributed by atoms with van der Waals surface area (Å²) in [6.07, 6.45) is 1.79. The molecular formula is C19H31N3O2S. The molecule has 0 aliphatic carbocycles. The molecule has 140 valence electrons. The molecule has 1 aliphatic rings. The van der Waals surface area contributed by atoms with Crippen LogP contribution >= 0.6 is 11.8 Å². The van der Waals surface area contributed by atoms with E-state index in [-0.39, 0.29) is 5.60 Å². The van der Waals surface area contributed by atoms with Crippen molar-refractivity contribution in [3.8, 4) is 0 Å². The molecule has 1 atom stereocenters. The van der Waals surface area contributed by atoms with Crippen molar-refractivity contribution in [2.24, 2.45) is 4.99 Å². The van der Waals surface area contributed by atoms with Crippen molar-refractivity contribution in [3.63, 3.8) is 0 Å². The number of methoxy groups -OCH3 is 1. The van der Waals surface area contributed by atoms with Crippen LogP contribution in [-0.4, -0.2) is 56.8 Å². The maximum atomic E-state index is 5.77. The zero-order valence-corrected chi connectivity index (χ0v) is 16.4. The molecule has 1 unspecified atom stereocenters. The van der Waals surface area contributed by atoms with Crippen LogP contribution in [0.15, 0.2) is 40.2 Å². The minimum absolute atomic E-state index is 0.189. The molecule has 1 aromatic rings. The van der Waals surface area contributed by atoms with Gasteiger partial charge in [-0.2, -0.15) is 0 Å². The van der Waals surface area contributed by atoms with Gasteiger partial charge in [0, 0.05) is 56.4 Å². The first-order chi connectivity index (χ1) is 12.2. The summed E-state index contributed by atoms with van der Waals surface area (Å²) in [6.45, 7) is 8.16. The van der Waals surface area contributed by atoms with Crippen molar-refractivity contribution < 1.29 is 9.47 Å². The van der Waals surface area contributed by atoms with Gasteiger partial charge in [-0.15, -0.1) is 11.8 Å². The monoisotopic (exact) mass is 365 g/mol. The van der Waals surface area contributed by atoms with Crippen LogP contribution < -0.4 is 10.6 Å². The molecule has 1 saturated heterocycles. The topological polar surface area (TPSA) is 54.9 Å². The number of benzene rings is 1. The molecule has 5 nitrogen and oxygen atoms in total. The van der Waals surface area contributed by atoms with Gasteiger partial charge in [-0.05, 0) is 19.1 Å². The minimum atomic E-state index is -0.189. The van der Waals surface area contributed by atoms with Crippen molar-refractivity contribution in [1.82, 2.24) is 10.6 Å². The smallest absolute Gasteiger partial charge is 0.191 e. The number of rotatable bonds is 8. The van der Waals surface area contributed by atoms with Crippen LogP contribution in [0.4, 0.5) is 0 Å². The number of aliphatic imine (C=N–C) groups is 1. The molecule has 0 radical (unpaired) electrons. The summed E-state index contributed by atoms with van der Waals surface area (Å²) in [5, 5.41) is 7.23. The molecule has 1 aromatic carbocycles. The molecule has 0 saturated carbocycles. The lowest BCUT2D eigenvalue weighted by Gasteiger charge is -2.34. The van der Waals surface area contributed by atoms with Crippen LogP contribution in [0.25, 0.3) is 0 Å². The SMILES string of the molecule is CCNC(=NCC1(OC)CCOCC1)NCC(C)Sc1ccccc1. The lowest BCUT2D eigenvalue weighted by atomic mass is 9.94. The van der Waals surface area contributed by atoms with E-state index in [2.05, 4.69) is 48.7 Å². The van der Waals surface area contributed by atoms with Crippen molar-refractivity contribution in [3.05, 3.63) is 30.3 Å². The van der Waals surface area contributed by atoms with Gasteiger partial charge in [0.05, 0.1) is 12.1 Å². The summed E-state index contributed by atoms with van der Waals surface area (Å²) in [5.41, 5.74) is -0.189. The molecule has 2 rings (SSSR count). The number of hydrogen-bond donors (Lipinski definition) is 2. The van der Waals surface area contributed by atoms with Crippen molar-refractivity contribution in [1.29, 1.82) is 0 Å². The van der Waals surface area contributed by atoms with Crippen LogP contribution in [-0.2, 0) is 9.47 Å². The number of hydrogen-bond acceptors (Lipinski definition) is 4. The largest absolute Gasteiger partial charge is 0.381 e. The molecule has 25 heavy (non-hydrogen) atoms. The number of ether oxygens (including phenoxy) is 2. The Labute approximate surface area is 156 Å². The summed E-state index contributed by atoms with van der Waals surface area (Å²) in [4.78, 5) is 6.05. The highest BCUT2D eigenvalue weighted by Crippen LogP contribution is 2.25. The number of nitrogens with zero attached hydrogens (tertiary/aromatic N) is 1. The minimum Gasteiger partial charge on any atom is -0.381 e. The van der Waals surface area contributed by atoms with Gasteiger partial charge in [-0.25, -0.2) is 0 Å². The summed E-state index contributed by atoms with van der Waals surface area (Å²) >= 11 is 1.87. The van der Waals surface area contributed by atoms with Crippen molar-refractivity contribution >= 4 is 17.7 Å². The maximum Gasteiger partial charge on any atom is 0.191 e. The molecule has 1 heterocycles. The van der Waals surface area contributed by atoms with Gasteiger partial charge in [-0.1, -0.05) is 25.1 Å². The summed E-state index contributed by atoms with van der Waals surface area (Å²) in [7, 11) is 1.78. The van der Waals surface area contributed by atoms with E-state index < -0.39 is 0 Å². The van der Waals surface area contributed by atoms with E-state index in [1.165, 1.54) is 4.90 Å². The van der Waals surface area contributed by atoms with Crippen molar-refractivity contribution in [2.45, 2.75) is 42.4 Å². The normalized spacial score (nSPS) is 18.6. The first kappa shape index (κ1) is 20.1. The summed E-state index contributed by atoms with van der Waals surface area (Å²) < 4.78 is 11.2. The van der Waals surface area contributed by atoms with E-state index in [4.69, 9.17) is 14.5 Å². The molecule has 0 amide bonds. The Bertz CT molecular complexity index is 519. The van der Waals surface area contributed by atoms with Crippen LogP contribution in [0.3, 0.4) is 0 Å². The third-order valence-corrected chi connectivity index (χ3v) is 5.46. The fourth-order valence-corrected chi connectivity index (χ4v) is 3.69. The van der Waals surface area contributed by atoms with Crippen LogP contribution in [0.2, 0.25) is 0 Å². The van der Waals surface area contributed by atoms with Crippen LogP contribution in [0, 0.1) is 0 Å². The predicted octanol–water partition coefficient (Wildman–Crippen LogP) is 2.92. The molecule has 0 spiro atoms. The molecule has 1 fully saturated rings. The highest BCUT2D eigenvalue weighted by Gasteiger charge is 2.32. The number of nitrogens with one attached hydrogen (secondary N) is 2. The first-order valence-corrected chi connectivity index (χ1v) is 9.92.